The van der Waals surface area contributed by atoms with Crippen LogP contribution >= 0.6 is 0 Å². The number of likely N-dealkylation sites (tertiary alicyclic amines) is 1. The molecule has 1 aromatic rings. The average Bonchev–Trinajstić information content (AvgIpc) is 2.27. The molecule has 1 heterocycles. The number of piperidine rings is 1. The zero-order valence-electron chi connectivity index (χ0n) is 9.24. The van der Waals surface area contributed by atoms with Gasteiger partial charge in [0, 0.05) is 25.1 Å². The van der Waals surface area contributed by atoms with Crippen LogP contribution in [0.2, 0.25) is 0 Å². The zero-order valence-corrected chi connectivity index (χ0v) is 9.24. The molecule has 16 heavy (non-hydrogen) atoms. The minimum absolute atomic E-state index is 0.197. The summed E-state index contributed by atoms with van der Waals surface area (Å²) in [5, 5.41) is 0. The molecular formula is C13H14FNO. The first-order valence-corrected chi connectivity index (χ1v) is 5.33. The van der Waals surface area contributed by atoms with Crippen LogP contribution in [0.4, 0.5) is 4.39 Å². The van der Waals surface area contributed by atoms with Crippen LogP contribution in [0.1, 0.15) is 12.0 Å². The van der Waals surface area contributed by atoms with Gasteiger partial charge in [0.25, 0.3) is 0 Å². The molecule has 2 rings (SSSR count). The van der Waals surface area contributed by atoms with Gasteiger partial charge in [-0.3, -0.25) is 4.79 Å². The van der Waals surface area contributed by atoms with Crippen LogP contribution in [0.25, 0.3) is 6.08 Å². The van der Waals surface area contributed by atoms with Gasteiger partial charge in [-0.05, 0) is 30.8 Å². The Morgan fingerprint density at radius 2 is 2.00 bits per heavy atom. The van der Waals surface area contributed by atoms with E-state index in [0.29, 0.717) is 13.0 Å². The van der Waals surface area contributed by atoms with E-state index < -0.39 is 0 Å². The second-order valence-corrected chi connectivity index (χ2v) is 4.13. The van der Waals surface area contributed by atoms with E-state index in [1.165, 1.54) is 12.1 Å². The number of hydrogen-bond donors (Lipinski definition) is 0. The summed E-state index contributed by atoms with van der Waals surface area (Å²) >= 11 is 0. The number of carbonyl (C=O) groups is 1. The van der Waals surface area contributed by atoms with E-state index in [4.69, 9.17) is 0 Å². The minimum atomic E-state index is -0.255. The standard InChI is InChI=1S/C13H14FNO/c1-15-7-6-13(16)11(9-15)8-10-2-4-12(14)5-3-10/h2-5,8H,6-7,9H2,1H3. The third kappa shape index (κ3) is 2.55. The number of Topliss-reactive ketones (excluding diaryl/α,β-unsaturated/α-hetero) is 1. The highest BCUT2D eigenvalue weighted by Gasteiger charge is 2.18. The van der Waals surface area contributed by atoms with Gasteiger partial charge in [0.2, 0.25) is 0 Å². The van der Waals surface area contributed by atoms with Gasteiger partial charge in [0.05, 0.1) is 0 Å². The summed E-state index contributed by atoms with van der Waals surface area (Å²) in [7, 11) is 1.99. The SMILES string of the molecule is CN1CCC(=O)C(=Cc2ccc(F)cc2)C1. The molecule has 1 fully saturated rings. The van der Waals surface area contributed by atoms with E-state index in [0.717, 1.165) is 17.7 Å². The summed E-state index contributed by atoms with van der Waals surface area (Å²) < 4.78 is 12.7. The van der Waals surface area contributed by atoms with Crippen LogP contribution < -0.4 is 0 Å². The maximum atomic E-state index is 12.7. The first-order valence-electron chi connectivity index (χ1n) is 5.33. The molecule has 0 aromatic heterocycles. The molecule has 0 bridgehead atoms. The van der Waals surface area contributed by atoms with Crippen molar-refractivity contribution in [3.8, 4) is 0 Å². The van der Waals surface area contributed by atoms with Crippen molar-refractivity contribution < 1.29 is 9.18 Å². The molecule has 0 amide bonds. The van der Waals surface area contributed by atoms with Crippen molar-refractivity contribution in [2.75, 3.05) is 20.1 Å². The van der Waals surface area contributed by atoms with Crippen molar-refractivity contribution >= 4 is 11.9 Å². The Bertz CT molecular complexity index is 422. The normalized spacial score (nSPS) is 20.4. The van der Waals surface area contributed by atoms with Gasteiger partial charge < -0.3 is 4.90 Å². The average molecular weight is 219 g/mol. The summed E-state index contributed by atoms with van der Waals surface area (Å²) in [4.78, 5) is 13.7. The van der Waals surface area contributed by atoms with Crippen molar-refractivity contribution in [3.05, 3.63) is 41.2 Å². The maximum absolute atomic E-state index is 12.7. The summed E-state index contributed by atoms with van der Waals surface area (Å²) in [5.74, 6) is -0.0586. The smallest absolute Gasteiger partial charge is 0.161 e. The van der Waals surface area contributed by atoms with Crippen molar-refractivity contribution in [3.63, 3.8) is 0 Å². The molecule has 1 aliphatic heterocycles. The van der Waals surface area contributed by atoms with Gasteiger partial charge in [-0.2, -0.15) is 0 Å². The highest BCUT2D eigenvalue weighted by atomic mass is 19.1. The number of likely N-dealkylation sites (N-methyl/N-ethyl adjacent to an activating group) is 1. The Morgan fingerprint density at radius 3 is 2.69 bits per heavy atom. The number of nitrogens with zero attached hydrogens (tertiary/aromatic N) is 1. The molecule has 0 saturated carbocycles. The number of ketones is 1. The Balaban J connectivity index is 2.22. The van der Waals surface area contributed by atoms with Crippen molar-refractivity contribution in [2.45, 2.75) is 6.42 Å². The minimum Gasteiger partial charge on any atom is -0.302 e. The third-order valence-corrected chi connectivity index (χ3v) is 2.73. The van der Waals surface area contributed by atoms with Gasteiger partial charge in [-0.1, -0.05) is 12.1 Å². The number of rotatable bonds is 1. The Morgan fingerprint density at radius 1 is 1.31 bits per heavy atom. The number of benzene rings is 1. The summed E-state index contributed by atoms with van der Waals surface area (Å²) in [5.41, 5.74) is 1.68. The number of hydrogen-bond acceptors (Lipinski definition) is 2. The monoisotopic (exact) mass is 219 g/mol. The van der Waals surface area contributed by atoms with E-state index in [1.54, 1.807) is 12.1 Å². The molecule has 0 spiro atoms. The van der Waals surface area contributed by atoms with Gasteiger partial charge in [0.15, 0.2) is 5.78 Å². The van der Waals surface area contributed by atoms with Crippen LogP contribution in [0.5, 0.6) is 0 Å². The lowest BCUT2D eigenvalue weighted by Gasteiger charge is -2.23. The molecule has 1 aromatic carbocycles. The second-order valence-electron chi connectivity index (χ2n) is 4.13. The van der Waals surface area contributed by atoms with Crippen LogP contribution in [0.15, 0.2) is 29.8 Å². The second kappa shape index (κ2) is 4.58. The largest absolute Gasteiger partial charge is 0.302 e. The molecule has 0 atom stereocenters. The van der Waals surface area contributed by atoms with Crippen LogP contribution in [0.3, 0.4) is 0 Å². The van der Waals surface area contributed by atoms with Gasteiger partial charge in [0.1, 0.15) is 5.82 Å². The fourth-order valence-corrected chi connectivity index (χ4v) is 1.80. The molecular weight excluding hydrogens is 205 g/mol. The molecule has 1 saturated heterocycles. The first-order chi connectivity index (χ1) is 7.65. The summed E-state index contributed by atoms with van der Waals surface area (Å²) in [6, 6.07) is 6.18. The summed E-state index contributed by atoms with van der Waals surface area (Å²) in [6.07, 6.45) is 2.42. The molecule has 1 aliphatic rings. The molecule has 0 unspecified atom stereocenters. The van der Waals surface area contributed by atoms with E-state index in [9.17, 15) is 9.18 Å². The fraction of sp³-hybridized carbons (Fsp3) is 0.308. The van der Waals surface area contributed by atoms with E-state index in [2.05, 4.69) is 4.90 Å². The lowest BCUT2D eigenvalue weighted by atomic mass is 10.0. The van der Waals surface area contributed by atoms with Crippen LogP contribution in [-0.4, -0.2) is 30.8 Å². The van der Waals surface area contributed by atoms with E-state index in [-0.39, 0.29) is 11.6 Å². The Kier molecular flexibility index (Phi) is 3.15. The lowest BCUT2D eigenvalue weighted by molar-refractivity contribution is -0.117. The molecule has 0 N–H and O–H groups in total. The highest BCUT2D eigenvalue weighted by Crippen LogP contribution is 2.15. The number of carbonyl (C=O) groups excluding carboxylic acids is 1. The molecule has 84 valence electrons. The lowest BCUT2D eigenvalue weighted by Crippen LogP contribution is -2.32. The molecule has 0 aliphatic carbocycles. The molecule has 2 nitrogen and oxygen atoms in total. The van der Waals surface area contributed by atoms with Gasteiger partial charge in [-0.25, -0.2) is 4.39 Å². The van der Waals surface area contributed by atoms with Crippen LogP contribution in [-0.2, 0) is 4.79 Å². The van der Waals surface area contributed by atoms with Crippen molar-refractivity contribution in [1.82, 2.24) is 4.90 Å². The van der Waals surface area contributed by atoms with Gasteiger partial charge in [-0.15, -0.1) is 0 Å². The fourth-order valence-electron chi connectivity index (χ4n) is 1.80. The van der Waals surface area contributed by atoms with Crippen LogP contribution in [0, 0.1) is 5.82 Å². The maximum Gasteiger partial charge on any atom is 0.161 e. The highest BCUT2D eigenvalue weighted by molar-refractivity contribution is 6.00. The Hall–Kier alpha value is -1.48. The zero-order chi connectivity index (χ0) is 11.5. The van der Waals surface area contributed by atoms with E-state index in [1.807, 2.05) is 13.1 Å². The predicted molar refractivity (Wildman–Crippen MR) is 61.5 cm³/mol. The first kappa shape index (κ1) is 11.0. The van der Waals surface area contributed by atoms with Gasteiger partial charge >= 0.3 is 0 Å². The van der Waals surface area contributed by atoms with Crippen molar-refractivity contribution in [1.29, 1.82) is 0 Å². The van der Waals surface area contributed by atoms with Crippen molar-refractivity contribution in [2.24, 2.45) is 0 Å². The molecule has 3 heteroatoms. The summed E-state index contributed by atoms with van der Waals surface area (Å²) in [6.45, 7) is 1.50. The van der Waals surface area contributed by atoms with E-state index >= 15 is 0 Å². The molecule has 0 radical (unpaired) electrons. The third-order valence-electron chi connectivity index (χ3n) is 2.73. The predicted octanol–water partition coefficient (Wildman–Crippen LogP) is 2.11. The number of halogens is 1. The quantitative estimate of drug-likeness (QED) is 0.674. The Labute approximate surface area is 94.4 Å². The topological polar surface area (TPSA) is 20.3 Å².